The Hall–Kier alpha value is -1.77. The summed E-state index contributed by atoms with van der Waals surface area (Å²) in [6.45, 7) is 0. The summed E-state index contributed by atoms with van der Waals surface area (Å²) in [5.74, 6) is 0.401. The molecule has 2 aromatic rings. The Balaban J connectivity index is 1.53. The van der Waals surface area contributed by atoms with Crippen molar-refractivity contribution >= 4 is 16.9 Å². The van der Waals surface area contributed by atoms with Crippen molar-refractivity contribution in [2.75, 3.05) is 0 Å². The van der Waals surface area contributed by atoms with Gasteiger partial charge in [-0.1, -0.05) is 50.3 Å². The van der Waals surface area contributed by atoms with Crippen LogP contribution in [0.3, 0.4) is 0 Å². The molecule has 0 spiro atoms. The number of carboxylic acids is 1. The summed E-state index contributed by atoms with van der Waals surface area (Å²) in [4.78, 5) is 10.4. The third kappa shape index (κ3) is 5.62. The Morgan fingerprint density at radius 2 is 1.62 bits per heavy atom. The van der Waals surface area contributed by atoms with Crippen molar-refractivity contribution in [3.63, 3.8) is 0 Å². The topological polar surface area (TPSA) is 50.4 Å². The zero-order valence-electron chi connectivity index (χ0n) is 12.5. The van der Waals surface area contributed by atoms with Crippen LogP contribution >= 0.6 is 0 Å². The Bertz CT molecular complexity index is 523. The summed E-state index contributed by atoms with van der Waals surface area (Å²) in [5.41, 5.74) is 0.978. The van der Waals surface area contributed by atoms with Gasteiger partial charge in [-0.05, 0) is 25.0 Å². The minimum Gasteiger partial charge on any atom is -0.481 e. The van der Waals surface area contributed by atoms with Gasteiger partial charge in [0.2, 0.25) is 0 Å². The predicted octanol–water partition coefficient (Wildman–Crippen LogP) is 5.18. The lowest BCUT2D eigenvalue weighted by molar-refractivity contribution is -0.137. The number of furan rings is 1. The van der Waals surface area contributed by atoms with Gasteiger partial charge in [0.25, 0.3) is 0 Å². The maximum atomic E-state index is 10.4. The van der Waals surface area contributed by atoms with Crippen LogP contribution in [0, 0.1) is 0 Å². The van der Waals surface area contributed by atoms with Gasteiger partial charge in [0.1, 0.15) is 11.3 Å². The summed E-state index contributed by atoms with van der Waals surface area (Å²) >= 11 is 0. The van der Waals surface area contributed by atoms with Crippen LogP contribution < -0.4 is 0 Å². The van der Waals surface area contributed by atoms with Gasteiger partial charge in [0, 0.05) is 18.2 Å². The summed E-state index contributed by atoms with van der Waals surface area (Å²) in [6.07, 6.45) is 9.14. The average Bonchev–Trinajstić information content (AvgIpc) is 2.88. The van der Waals surface area contributed by atoms with Gasteiger partial charge in [0.05, 0.1) is 0 Å². The molecule has 1 aromatic carbocycles. The number of rotatable bonds is 10. The standard InChI is InChI=1S/C18H24O3/c19-18(20)13-7-5-3-1-2-4-6-11-16-14-15-10-8-9-12-17(15)21-16/h8-10,12,14H,1-7,11,13H2,(H,19,20). The zero-order valence-corrected chi connectivity index (χ0v) is 12.5. The van der Waals surface area contributed by atoms with E-state index in [1.54, 1.807) is 0 Å². The van der Waals surface area contributed by atoms with E-state index in [-0.39, 0.29) is 0 Å². The Morgan fingerprint density at radius 3 is 2.33 bits per heavy atom. The molecular weight excluding hydrogens is 264 g/mol. The average molecular weight is 288 g/mol. The van der Waals surface area contributed by atoms with Crippen LogP contribution in [-0.4, -0.2) is 11.1 Å². The normalized spacial score (nSPS) is 11.0. The first kappa shape index (κ1) is 15.6. The van der Waals surface area contributed by atoms with E-state index in [9.17, 15) is 4.79 Å². The molecule has 3 nitrogen and oxygen atoms in total. The van der Waals surface area contributed by atoms with E-state index in [1.807, 2.05) is 18.2 Å². The number of hydrogen-bond donors (Lipinski definition) is 1. The molecule has 3 heteroatoms. The number of para-hydroxylation sites is 1. The highest BCUT2D eigenvalue weighted by Crippen LogP contribution is 2.20. The third-order valence-corrected chi connectivity index (χ3v) is 3.79. The van der Waals surface area contributed by atoms with Crippen LogP contribution in [0.1, 0.15) is 57.1 Å². The fourth-order valence-corrected chi connectivity index (χ4v) is 2.62. The molecule has 1 heterocycles. The number of carboxylic acid groups (broad SMARTS) is 1. The summed E-state index contributed by atoms with van der Waals surface area (Å²) < 4.78 is 5.79. The van der Waals surface area contributed by atoms with Gasteiger partial charge in [-0.25, -0.2) is 0 Å². The van der Waals surface area contributed by atoms with Crippen LogP contribution in [0.4, 0.5) is 0 Å². The van der Waals surface area contributed by atoms with Crippen molar-refractivity contribution in [3.05, 3.63) is 36.1 Å². The van der Waals surface area contributed by atoms with E-state index in [1.165, 1.54) is 24.6 Å². The first-order chi connectivity index (χ1) is 10.3. The second kappa shape index (κ2) is 8.50. The Kier molecular flexibility index (Phi) is 6.32. The fourth-order valence-electron chi connectivity index (χ4n) is 2.62. The van der Waals surface area contributed by atoms with Gasteiger partial charge < -0.3 is 9.52 Å². The highest BCUT2D eigenvalue weighted by molar-refractivity contribution is 5.77. The van der Waals surface area contributed by atoms with E-state index in [2.05, 4.69) is 12.1 Å². The molecule has 0 saturated carbocycles. The van der Waals surface area contributed by atoms with Gasteiger partial charge >= 0.3 is 5.97 Å². The van der Waals surface area contributed by atoms with Crippen LogP contribution in [0.2, 0.25) is 0 Å². The highest BCUT2D eigenvalue weighted by Gasteiger charge is 2.02. The summed E-state index contributed by atoms with van der Waals surface area (Å²) in [7, 11) is 0. The van der Waals surface area contributed by atoms with Crippen molar-refractivity contribution in [1.82, 2.24) is 0 Å². The van der Waals surface area contributed by atoms with Gasteiger partial charge in [-0.2, -0.15) is 0 Å². The zero-order chi connectivity index (χ0) is 14.9. The molecule has 1 aromatic heterocycles. The lowest BCUT2D eigenvalue weighted by Crippen LogP contribution is -1.93. The van der Waals surface area contributed by atoms with Crippen molar-refractivity contribution in [2.24, 2.45) is 0 Å². The van der Waals surface area contributed by atoms with E-state index in [0.717, 1.165) is 43.4 Å². The van der Waals surface area contributed by atoms with Crippen LogP contribution in [0.25, 0.3) is 11.0 Å². The number of unbranched alkanes of at least 4 members (excludes halogenated alkanes) is 6. The van der Waals surface area contributed by atoms with E-state index in [4.69, 9.17) is 9.52 Å². The van der Waals surface area contributed by atoms with Gasteiger partial charge in [-0.15, -0.1) is 0 Å². The monoisotopic (exact) mass is 288 g/mol. The van der Waals surface area contributed by atoms with Gasteiger partial charge in [0.15, 0.2) is 0 Å². The number of fused-ring (bicyclic) bond motifs is 1. The van der Waals surface area contributed by atoms with E-state index < -0.39 is 5.97 Å². The highest BCUT2D eigenvalue weighted by atomic mass is 16.4. The first-order valence-electron chi connectivity index (χ1n) is 7.95. The molecule has 0 amide bonds. The minimum atomic E-state index is -0.680. The predicted molar refractivity (Wildman–Crippen MR) is 84.5 cm³/mol. The summed E-state index contributed by atoms with van der Waals surface area (Å²) in [5, 5.41) is 9.72. The number of aryl methyl sites for hydroxylation is 1. The molecule has 0 bridgehead atoms. The molecule has 2 rings (SSSR count). The maximum absolute atomic E-state index is 10.4. The minimum absolute atomic E-state index is 0.312. The Morgan fingerprint density at radius 1 is 0.952 bits per heavy atom. The molecular formula is C18H24O3. The number of hydrogen-bond acceptors (Lipinski definition) is 2. The van der Waals surface area contributed by atoms with Crippen LogP contribution in [0.15, 0.2) is 34.7 Å². The van der Waals surface area contributed by atoms with Crippen molar-refractivity contribution < 1.29 is 14.3 Å². The molecule has 0 saturated heterocycles. The van der Waals surface area contributed by atoms with Gasteiger partial charge in [-0.3, -0.25) is 4.79 Å². The second-order valence-electron chi connectivity index (χ2n) is 5.62. The molecule has 114 valence electrons. The number of aliphatic carboxylic acids is 1. The molecule has 0 aliphatic heterocycles. The number of benzene rings is 1. The molecule has 0 aliphatic carbocycles. The van der Waals surface area contributed by atoms with Crippen molar-refractivity contribution in [3.8, 4) is 0 Å². The fraction of sp³-hybridized carbons (Fsp3) is 0.500. The van der Waals surface area contributed by atoms with Crippen LogP contribution in [0.5, 0.6) is 0 Å². The molecule has 0 aliphatic rings. The quantitative estimate of drug-likeness (QED) is 0.613. The molecule has 21 heavy (non-hydrogen) atoms. The third-order valence-electron chi connectivity index (χ3n) is 3.79. The Labute approximate surface area is 126 Å². The van der Waals surface area contributed by atoms with Crippen molar-refractivity contribution in [2.45, 2.75) is 57.8 Å². The lowest BCUT2D eigenvalue weighted by Gasteiger charge is -2.00. The number of carbonyl (C=O) groups is 1. The van der Waals surface area contributed by atoms with E-state index >= 15 is 0 Å². The molecule has 0 atom stereocenters. The first-order valence-corrected chi connectivity index (χ1v) is 7.95. The van der Waals surface area contributed by atoms with Crippen LogP contribution in [-0.2, 0) is 11.2 Å². The molecule has 0 unspecified atom stereocenters. The molecule has 0 fully saturated rings. The lowest BCUT2D eigenvalue weighted by atomic mass is 10.1. The molecule has 1 N–H and O–H groups in total. The largest absolute Gasteiger partial charge is 0.481 e. The van der Waals surface area contributed by atoms with E-state index in [0.29, 0.717) is 6.42 Å². The summed E-state index contributed by atoms with van der Waals surface area (Å²) in [6, 6.07) is 10.3. The maximum Gasteiger partial charge on any atom is 0.303 e. The molecule has 0 radical (unpaired) electrons. The smallest absolute Gasteiger partial charge is 0.303 e. The SMILES string of the molecule is O=C(O)CCCCCCCCCc1cc2ccccc2o1. The second-order valence-corrected chi connectivity index (χ2v) is 5.62. The van der Waals surface area contributed by atoms with Crippen molar-refractivity contribution in [1.29, 1.82) is 0 Å².